The third-order valence-corrected chi connectivity index (χ3v) is 1.74. The number of halogens is 4. The molecule has 0 radical (unpaired) electrons. The second kappa shape index (κ2) is 3.83. The van der Waals surface area contributed by atoms with Crippen molar-refractivity contribution < 1.29 is 13.2 Å². The maximum atomic E-state index is 12.1. The van der Waals surface area contributed by atoms with Gasteiger partial charge in [0.2, 0.25) is 0 Å². The summed E-state index contributed by atoms with van der Waals surface area (Å²) in [6, 6.07) is 2.46. The molecular weight excluding hydrogens is 221 g/mol. The lowest BCUT2D eigenvalue weighted by molar-refractivity contribution is -0.137. The van der Waals surface area contributed by atoms with E-state index in [-0.39, 0.29) is 10.7 Å². The van der Waals surface area contributed by atoms with Crippen molar-refractivity contribution in [2.24, 2.45) is 10.4 Å². The summed E-state index contributed by atoms with van der Waals surface area (Å²) < 4.78 is 36.4. The van der Waals surface area contributed by atoms with Crippen molar-refractivity contribution in [1.82, 2.24) is 0 Å². The zero-order chi connectivity index (χ0) is 10.8. The largest absolute Gasteiger partial charge is 0.775 e. The summed E-state index contributed by atoms with van der Waals surface area (Å²) in [6.07, 6.45) is -4.49. The highest BCUT2D eigenvalue weighted by Gasteiger charge is 2.30. The minimum Gasteiger partial charge on any atom is -0.775 e. The molecule has 0 heterocycles. The van der Waals surface area contributed by atoms with Crippen molar-refractivity contribution in [3.8, 4) is 0 Å². The van der Waals surface area contributed by atoms with Crippen LogP contribution >= 0.6 is 11.6 Å². The van der Waals surface area contributed by atoms with E-state index in [0.29, 0.717) is 6.07 Å². The standard InChI is InChI=1S/C7H4ClF3N2O/c8-5-2-1-4(7(9,10)11)3-6(5)12-13-14/h1-3H,(H,12,14)/p-1. The van der Waals surface area contributed by atoms with Crippen LogP contribution in [0.15, 0.2) is 28.6 Å². The lowest BCUT2D eigenvalue weighted by atomic mass is 10.2. The molecule has 0 aliphatic heterocycles. The summed E-state index contributed by atoms with van der Waals surface area (Å²) in [6.45, 7) is 0. The molecule has 0 atom stereocenters. The highest BCUT2D eigenvalue weighted by molar-refractivity contribution is 6.32. The van der Waals surface area contributed by atoms with Crippen LogP contribution in [-0.2, 0) is 6.18 Å². The summed E-state index contributed by atoms with van der Waals surface area (Å²) in [4.78, 5) is 0. The summed E-state index contributed by atoms with van der Waals surface area (Å²) in [5.74, 6) is 0. The molecule has 0 aromatic heterocycles. The molecule has 1 aromatic rings. The maximum Gasteiger partial charge on any atom is 0.416 e. The van der Waals surface area contributed by atoms with Crippen molar-refractivity contribution in [2.45, 2.75) is 6.18 Å². The molecule has 0 spiro atoms. The van der Waals surface area contributed by atoms with Gasteiger partial charge in [-0.25, -0.2) is 5.28 Å². The molecule has 1 rings (SSSR count). The Morgan fingerprint density at radius 1 is 1.29 bits per heavy atom. The predicted molar refractivity (Wildman–Crippen MR) is 44.3 cm³/mol. The number of hydrogen-bond acceptors (Lipinski definition) is 3. The zero-order valence-electron chi connectivity index (χ0n) is 6.55. The van der Waals surface area contributed by atoms with Gasteiger partial charge in [0.1, 0.15) is 5.69 Å². The quantitative estimate of drug-likeness (QED) is 0.525. The Bertz CT molecular complexity index is 364. The van der Waals surface area contributed by atoms with Crippen molar-refractivity contribution >= 4 is 17.3 Å². The number of hydrogen-bond donors (Lipinski definition) is 0. The van der Waals surface area contributed by atoms with Crippen LogP contribution in [0, 0.1) is 5.21 Å². The number of benzene rings is 1. The second-order valence-electron chi connectivity index (χ2n) is 2.35. The van der Waals surface area contributed by atoms with Crippen LogP contribution in [0.5, 0.6) is 0 Å². The van der Waals surface area contributed by atoms with E-state index in [0.717, 1.165) is 12.1 Å². The van der Waals surface area contributed by atoms with E-state index in [1.807, 2.05) is 0 Å². The summed E-state index contributed by atoms with van der Waals surface area (Å²) in [5, 5.41) is 14.7. The van der Waals surface area contributed by atoms with Crippen LogP contribution in [0.25, 0.3) is 0 Å². The van der Waals surface area contributed by atoms with E-state index >= 15 is 0 Å². The van der Waals surface area contributed by atoms with Crippen molar-refractivity contribution in [3.63, 3.8) is 0 Å². The SMILES string of the molecule is [O-]N=Nc1cc(C(F)(F)F)ccc1Cl. The van der Waals surface area contributed by atoms with Gasteiger partial charge in [0.05, 0.1) is 10.6 Å². The molecule has 0 aliphatic carbocycles. The minimum atomic E-state index is -4.49. The molecule has 1 aromatic carbocycles. The molecule has 0 N–H and O–H groups in total. The lowest BCUT2D eigenvalue weighted by Gasteiger charge is -2.07. The van der Waals surface area contributed by atoms with Gasteiger partial charge in [0.15, 0.2) is 0 Å². The van der Waals surface area contributed by atoms with Gasteiger partial charge in [-0.2, -0.15) is 18.3 Å². The zero-order valence-corrected chi connectivity index (χ0v) is 7.30. The smallest absolute Gasteiger partial charge is 0.416 e. The van der Waals surface area contributed by atoms with Gasteiger partial charge in [-0.15, -0.1) is 0 Å². The average molecular weight is 224 g/mol. The fraction of sp³-hybridized carbons (Fsp3) is 0.143. The summed E-state index contributed by atoms with van der Waals surface area (Å²) in [5.41, 5.74) is -1.22. The Kier molecular flexibility index (Phi) is 2.95. The maximum absolute atomic E-state index is 12.1. The van der Waals surface area contributed by atoms with E-state index in [2.05, 4.69) is 10.4 Å². The van der Waals surface area contributed by atoms with E-state index in [4.69, 9.17) is 11.6 Å². The first-order valence-electron chi connectivity index (χ1n) is 3.35. The average Bonchev–Trinajstić information content (AvgIpc) is 2.07. The van der Waals surface area contributed by atoms with Crippen molar-refractivity contribution in [3.05, 3.63) is 34.0 Å². The normalized spacial score (nSPS) is 12.3. The van der Waals surface area contributed by atoms with Gasteiger partial charge in [0, 0.05) is 0 Å². The predicted octanol–water partition coefficient (Wildman–Crippen LogP) is 3.94. The molecule has 14 heavy (non-hydrogen) atoms. The molecule has 0 amide bonds. The molecule has 0 saturated carbocycles. The van der Waals surface area contributed by atoms with Gasteiger partial charge >= 0.3 is 6.18 Å². The third kappa shape index (κ3) is 2.35. The van der Waals surface area contributed by atoms with Crippen LogP contribution in [0.2, 0.25) is 5.02 Å². The second-order valence-corrected chi connectivity index (χ2v) is 2.75. The topological polar surface area (TPSA) is 47.8 Å². The van der Waals surface area contributed by atoms with E-state index < -0.39 is 11.7 Å². The van der Waals surface area contributed by atoms with Gasteiger partial charge < -0.3 is 5.21 Å². The van der Waals surface area contributed by atoms with Gasteiger partial charge in [-0.05, 0) is 18.2 Å². The molecule has 0 fully saturated rings. The monoisotopic (exact) mass is 223 g/mol. The van der Waals surface area contributed by atoms with Crippen LogP contribution in [-0.4, -0.2) is 0 Å². The minimum absolute atomic E-state index is 0.0578. The molecule has 76 valence electrons. The Balaban J connectivity index is 3.19. The van der Waals surface area contributed by atoms with Crippen LogP contribution in [0.4, 0.5) is 18.9 Å². The first kappa shape index (κ1) is 10.8. The van der Waals surface area contributed by atoms with E-state index in [1.54, 1.807) is 0 Å². The first-order chi connectivity index (χ1) is 6.45. The molecule has 0 aliphatic rings. The molecule has 0 unspecified atom stereocenters. The van der Waals surface area contributed by atoms with E-state index in [9.17, 15) is 18.4 Å². The van der Waals surface area contributed by atoms with Crippen molar-refractivity contribution in [2.75, 3.05) is 0 Å². The van der Waals surface area contributed by atoms with Crippen LogP contribution in [0.1, 0.15) is 5.56 Å². The van der Waals surface area contributed by atoms with Crippen LogP contribution in [0.3, 0.4) is 0 Å². The van der Waals surface area contributed by atoms with Gasteiger partial charge in [0.25, 0.3) is 0 Å². The first-order valence-corrected chi connectivity index (χ1v) is 3.73. The fourth-order valence-corrected chi connectivity index (χ4v) is 0.965. The molecule has 0 bridgehead atoms. The summed E-state index contributed by atoms with van der Waals surface area (Å²) in [7, 11) is 0. The Morgan fingerprint density at radius 3 is 2.43 bits per heavy atom. The highest BCUT2D eigenvalue weighted by Crippen LogP contribution is 2.34. The molecule has 7 heteroatoms. The number of rotatable bonds is 1. The Hall–Kier alpha value is -1.30. The van der Waals surface area contributed by atoms with Gasteiger partial charge in [-0.3, -0.25) is 0 Å². The Morgan fingerprint density at radius 2 is 1.93 bits per heavy atom. The molecular formula is C7H3ClF3N2O-. The molecule has 0 saturated heterocycles. The lowest BCUT2D eigenvalue weighted by Crippen LogP contribution is -2.03. The summed E-state index contributed by atoms with van der Waals surface area (Å²) >= 11 is 5.47. The Labute approximate surface area is 81.8 Å². The number of nitrogens with zero attached hydrogens (tertiary/aromatic N) is 2. The highest BCUT2D eigenvalue weighted by atomic mass is 35.5. The molecule has 3 nitrogen and oxygen atoms in total. The van der Waals surface area contributed by atoms with Crippen LogP contribution < -0.4 is 0 Å². The van der Waals surface area contributed by atoms with E-state index in [1.165, 1.54) is 0 Å². The number of alkyl halides is 3. The van der Waals surface area contributed by atoms with Gasteiger partial charge in [-0.1, -0.05) is 11.6 Å². The third-order valence-electron chi connectivity index (χ3n) is 1.42. The van der Waals surface area contributed by atoms with Crippen molar-refractivity contribution in [1.29, 1.82) is 0 Å². The fourth-order valence-electron chi connectivity index (χ4n) is 0.810.